The van der Waals surface area contributed by atoms with E-state index >= 15 is 0 Å². The highest BCUT2D eigenvalue weighted by Gasteiger charge is 2.31. The molecule has 2 saturated heterocycles. The number of fused-ring (bicyclic) bond motifs is 1. The topological polar surface area (TPSA) is 82.5 Å². The van der Waals surface area contributed by atoms with E-state index in [1.165, 1.54) is 12.0 Å². The van der Waals surface area contributed by atoms with E-state index in [9.17, 15) is 4.39 Å². The summed E-state index contributed by atoms with van der Waals surface area (Å²) >= 11 is 0. The summed E-state index contributed by atoms with van der Waals surface area (Å²) in [5.41, 5.74) is 1.19. The summed E-state index contributed by atoms with van der Waals surface area (Å²) in [6.45, 7) is 8.60. The zero-order chi connectivity index (χ0) is 25.9. The highest BCUT2D eigenvalue weighted by molar-refractivity contribution is 5.96. The van der Waals surface area contributed by atoms with Crippen LogP contribution >= 0.6 is 0 Å². The molecule has 5 heterocycles. The van der Waals surface area contributed by atoms with Gasteiger partial charge in [0.15, 0.2) is 0 Å². The molecule has 2 atom stereocenters. The van der Waals surface area contributed by atoms with Gasteiger partial charge in [0.2, 0.25) is 5.95 Å². The Bertz CT molecular complexity index is 1220. The lowest BCUT2D eigenvalue weighted by Crippen LogP contribution is -2.47. The number of anilines is 4. The predicted octanol–water partition coefficient (Wildman–Crippen LogP) is 3.99. The van der Waals surface area contributed by atoms with Crippen LogP contribution in [0.25, 0.3) is 10.8 Å². The van der Waals surface area contributed by atoms with E-state index in [4.69, 9.17) is 9.72 Å². The van der Waals surface area contributed by atoms with Crippen molar-refractivity contribution in [2.45, 2.75) is 44.9 Å². The molecule has 2 unspecified atom stereocenters. The maximum atomic E-state index is 14.9. The normalized spacial score (nSPS) is 20.1. The smallest absolute Gasteiger partial charge is 0.227 e. The Labute approximate surface area is 218 Å². The van der Waals surface area contributed by atoms with Gasteiger partial charge in [0.1, 0.15) is 23.6 Å². The fourth-order valence-electron chi connectivity index (χ4n) is 4.79. The molecule has 37 heavy (non-hydrogen) atoms. The molecule has 0 aliphatic carbocycles. The van der Waals surface area contributed by atoms with Crippen LogP contribution in [0.4, 0.5) is 27.8 Å². The number of hydrogen-bond donors (Lipinski definition) is 1. The molecule has 2 aliphatic heterocycles. The first-order valence-corrected chi connectivity index (χ1v) is 13.2. The summed E-state index contributed by atoms with van der Waals surface area (Å²) < 4.78 is 20.6. The quantitative estimate of drug-likeness (QED) is 0.461. The van der Waals surface area contributed by atoms with E-state index in [0.29, 0.717) is 43.1 Å². The molecular formula is C27H37FN8O. The zero-order valence-corrected chi connectivity index (χ0v) is 22.2. The van der Waals surface area contributed by atoms with Crippen molar-refractivity contribution >= 4 is 34.2 Å². The van der Waals surface area contributed by atoms with Gasteiger partial charge in [-0.2, -0.15) is 4.98 Å². The van der Waals surface area contributed by atoms with Crippen molar-refractivity contribution in [1.82, 2.24) is 24.8 Å². The van der Waals surface area contributed by atoms with Crippen LogP contribution in [0.15, 0.2) is 30.7 Å². The van der Waals surface area contributed by atoms with Crippen molar-refractivity contribution in [3.63, 3.8) is 0 Å². The first kappa shape index (κ1) is 25.5. The minimum atomic E-state index is -1.08. The Kier molecular flexibility index (Phi) is 7.66. The molecule has 3 aromatic heterocycles. The SMILES string of the molecule is CC(C)c1cnc(N2CCC2)c2cnc(Nc3ccnc(N4CCC(OCCN(C)C)C(F)C4)n3)cc12. The summed E-state index contributed by atoms with van der Waals surface area (Å²) in [6.07, 6.45) is 5.93. The summed E-state index contributed by atoms with van der Waals surface area (Å²) in [4.78, 5) is 24.7. The van der Waals surface area contributed by atoms with Crippen LogP contribution in [-0.4, -0.2) is 90.5 Å². The number of piperidine rings is 1. The molecule has 0 aromatic carbocycles. The highest BCUT2D eigenvalue weighted by Crippen LogP contribution is 2.34. The Morgan fingerprint density at radius 1 is 1.08 bits per heavy atom. The van der Waals surface area contributed by atoms with E-state index in [1.807, 2.05) is 36.3 Å². The molecule has 3 aromatic rings. The summed E-state index contributed by atoms with van der Waals surface area (Å²) in [5.74, 6) is 3.18. The molecular weight excluding hydrogens is 471 g/mol. The van der Waals surface area contributed by atoms with Gasteiger partial charge in [-0.3, -0.25) is 0 Å². The van der Waals surface area contributed by atoms with Gasteiger partial charge in [0.05, 0.1) is 19.3 Å². The summed E-state index contributed by atoms with van der Waals surface area (Å²) in [6, 6.07) is 3.88. The number of nitrogens with zero attached hydrogens (tertiary/aromatic N) is 7. The molecule has 1 N–H and O–H groups in total. The Morgan fingerprint density at radius 3 is 2.62 bits per heavy atom. The van der Waals surface area contributed by atoms with Crippen molar-refractivity contribution in [2.24, 2.45) is 0 Å². The monoisotopic (exact) mass is 508 g/mol. The number of alkyl halides is 1. The second kappa shape index (κ2) is 11.1. The molecule has 2 fully saturated rings. The van der Waals surface area contributed by atoms with E-state index in [-0.39, 0.29) is 12.6 Å². The fourth-order valence-corrected chi connectivity index (χ4v) is 4.79. The molecule has 0 saturated carbocycles. The van der Waals surface area contributed by atoms with Gasteiger partial charge in [0.25, 0.3) is 0 Å². The van der Waals surface area contributed by atoms with E-state index in [1.54, 1.807) is 12.3 Å². The van der Waals surface area contributed by atoms with Crippen LogP contribution in [0, 0.1) is 0 Å². The molecule has 9 nitrogen and oxygen atoms in total. The van der Waals surface area contributed by atoms with Crippen molar-refractivity contribution in [2.75, 3.05) is 68.5 Å². The Balaban J connectivity index is 1.31. The van der Waals surface area contributed by atoms with Gasteiger partial charge < -0.3 is 24.8 Å². The zero-order valence-electron chi connectivity index (χ0n) is 22.2. The number of nitrogens with one attached hydrogen (secondary N) is 1. The third-order valence-corrected chi connectivity index (χ3v) is 7.09. The molecule has 5 rings (SSSR count). The molecule has 0 bridgehead atoms. The first-order valence-electron chi connectivity index (χ1n) is 13.2. The van der Waals surface area contributed by atoms with Crippen LogP contribution in [-0.2, 0) is 4.74 Å². The third-order valence-electron chi connectivity index (χ3n) is 7.09. The summed E-state index contributed by atoms with van der Waals surface area (Å²) in [7, 11) is 3.96. The van der Waals surface area contributed by atoms with Crippen LogP contribution in [0.3, 0.4) is 0 Å². The average molecular weight is 509 g/mol. The van der Waals surface area contributed by atoms with Crippen molar-refractivity contribution in [1.29, 1.82) is 0 Å². The number of ether oxygens (including phenoxy) is 1. The van der Waals surface area contributed by atoms with Gasteiger partial charge in [0, 0.05) is 50.2 Å². The van der Waals surface area contributed by atoms with Gasteiger partial charge in [-0.1, -0.05) is 13.8 Å². The Morgan fingerprint density at radius 2 is 1.92 bits per heavy atom. The minimum absolute atomic E-state index is 0.217. The average Bonchev–Trinajstić information content (AvgIpc) is 2.84. The number of pyridine rings is 2. The maximum absolute atomic E-state index is 14.9. The van der Waals surface area contributed by atoms with Crippen molar-refractivity contribution in [3.05, 3.63) is 36.3 Å². The van der Waals surface area contributed by atoms with Gasteiger partial charge >= 0.3 is 0 Å². The molecule has 0 radical (unpaired) electrons. The molecule has 0 amide bonds. The standard InChI is InChI=1S/C27H37FN8O/c1-18(2)20-15-31-26(35-9-5-10-35)21-16-30-25(14-19(20)21)32-24-6-8-29-27(33-24)36-11-7-23(22(28)17-36)37-13-12-34(3)4/h6,8,14-16,18,22-23H,5,7,9-13,17H2,1-4H3,(H,29,30,32,33). The van der Waals surface area contributed by atoms with Crippen LogP contribution in [0.5, 0.6) is 0 Å². The van der Waals surface area contributed by atoms with E-state index < -0.39 is 6.17 Å². The lowest BCUT2D eigenvalue weighted by atomic mass is 9.98. The van der Waals surface area contributed by atoms with Gasteiger partial charge in [-0.15, -0.1) is 0 Å². The van der Waals surface area contributed by atoms with E-state index in [2.05, 4.69) is 45.1 Å². The van der Waals surface area contributed by atoms with Crippen LogP contribution < -0.4 is 15.1 Å². The maximum Gasteiger partial charge on any atom is 0.227 e. The first-order chi connectivity index (χ1) is 17.9. The minimum Gasteiger partial charge on any atom is -0.374 e. The molecule has 198 valence electrons. The van der Waals surface area contributed by atoms with Crippen LogP contribution in [0.1, 0.15) is 38.2 Å². The second-order valence-electron chi connectivity index (χ2n) is 10.5. The lowest BCUT2D eigenvalue weighted by Gasteiger charge is -2.34. The largest absolute Gasteiger partial charge is 0.374 e. The number of hydrogen-bond acceptors (Lipinski definition) is 9. The van der Waals surface area contributed by atoms with Crippen molar-refractivity contribution < 1.29 is 9.13 Å². The molecule has 10 heteroatoms. The lowest BCUT2D eigenvalue weighted by molar-refractivity contribution is -0.0174. The van der Waals surface area contributed by atoms with Gasteiger partial charge in [-0.25, -0.2) is 19.3 Å². The fraction of sp³-hybridized carbons (Fsp3) is 0.556. The number of aromatic nitrogens is 4. The number of halogens is 1. The second-order valence-corrected chi connectivity index (χ2v) is 10.5. The molecule has 0 spiro atoms. The van der Waals surface area contributed by atoms with E-state index in [0.717, 1.165) is 36.2 Å². The summed E-state index contributed by atoms with van der Waals surface area (Å²) in [5, 5.41) is 5.55. The third kappa shape index (κ3) is 5.75. The van der Waals surface area contributed by atoms with Crippen molar-refractivity contribution in [3.8, 4) is 0 Å². The number of rotatable bonds is 9. The number of likely N-dealkylation sites (N-methyl/N-ethyl adjacent to an activating group) is 1. The van der Waals surface area contributed by atoms with Gasteiger partial charge in [-0.05, 0) is 55.9 Å². The highest BCUT2D eigenvalue weighted by atomic mass is 19.1. The predicted molar refractivity (Wildman–Crippen MR) is 146 cm³/mol. The molecule has 2 aliphatic rings. The van der Waals surface area contributed by atoms with Crippen LogP contribution in [0.2, 0.25) is 0 Å². The Hall–Kier alpha value is -3.11.